The van der Waals surface area contributed by atoms with E-state index in [1.54, 1.807) is 5.57 Å². The lowest BCUT2D eigenvalue weighted by Crippen LogP contribution is -3.13. The molecule has 2 atom stereocenters. The largest absolute Gasteiger partial charge is 0.459 e. The molecule has 1 aromatic rings. The highest BCUT2D eigenvalue weighted by Crippen LogP contribution is 2.58. The number of quaternary nitrogens is 2. The minimum absolute atomic E-state index is 0.445. The second-order valence-corrected chi connectivity index (χ2v) is 5.76. The van der Waals surface area contributed by atoms with Crippen LogP contribution in [-0.2, 0) is 0 Å². The number of rotatable bonds is 0. The average molecular weight is 226 g/mol. The van der Waals surface area contributed by atoms with Crippen LogP contribution in [0.2, 0.25) is 0 Å². The number of fused-ring (bicyclic) bond motifs is 3. The van der Waals surface area contributed by atoms with E-state index in [4.69, 9.17) is 0 Å². The van der Waals surface area contributed by atoms with Gasteiger partial charge in [0.1, 0.15) is 17.9 Å². The lowest BCUT2D eigenvalue weighted by Gasteiger charge is -2.34. The van der Waals surface area contributed by atoms with Crippen LogP contribution >= 0.6 is 0 Å². The maximum atomic E-state index is 4.31. The Bertz CT molecular complexity index is 525. The predicted octanol–water partition coefficient (Wildman–Crippen LogP) is 0.190. The summed E-state index contributed by atoms with van der Waals surface area (Å²) in [5.74, 6) is 0. The smallest absolute Gasteiger partial charge is 0.144 e. The van der Waals surface area contributed by atoms with Gasteiger partial charge in [0.2, 0.25) is 0 Å². The maximum Gasteiger partial charge on any atom is 0.144 e. The summed E-state index contributed by atoms with van der Waals surface area (Å²) in [6.07, 6.45) is 2.68. The van der Waals surface area contributed by atoms with Crippen LogP contribution in [0.15, 0.2) is 30.0 Å². The summed E-state index contributed by atoms with van der Waals surface area (Å²) in [4.78, 5) is 2.65. The minimum Gasteiger partial charge on any atom is -0.459 e. The van der Waals surface area contributed by atoms with Crippen molar-refractivity contribution in [2.75, 3.05) is 13.1 Å². The minimum atomic E-state index is 0.445. The molecule has 2 unspecified atom stereocenters. The molecule has 17 heavy (non-hydrogen) atoms. The van der Waals surface area contributed by atoms with Crippen LogP contribution in [0.1, 0.15) is 18.4 Å². The van der Waals surface area contributed by atoms with Crippen molar-refractivity contribution in [1.29, 1.82) is 0 Å². The molecule has 2 nitrogen and oxygen atoms in total. The molecule has 3 aliphatic rings. The van der Waals surface area contributed by atoms with E-state index in [0.717, 1.165) is 6.54 Å². The topological polar surface area (TPSA) is 8.88 Å². The van der Waals surface area contributed by atoms with Crippen molar-refractivity contribution in [1.82, 2.24) is 0 Å². The van der Waals surface area contributed by atoms with Crippen LogP contribution in [0, 0.1) is 19.5 Å². The molecule has 2 heterocycles. The first-order chi connectivity index (χ1) is 8.21. The van der Waals surface area contributed by atoms with E-state index >= 15 is 0 Å². The van der Waals surface area contributed by atoms with Crippen LogP contribution < -0.4 is 9.80 Å². The zero-order valence-corrected chi connectivity index (χ0v) is 10.1. The second kappa shape index (κ2) is 3.01. The second-order valence-electron chi connectivity index (χ2n) is 5.76. The Morgan fingerprint density at radius 1 is 1.12 bits per heavy atom. The van der Waals surface area contributed by atoms with Crippen molar-refractivity contribution in [2.45, 2.75) is 12.8 Å². The molecule has 2 aliphatic heterocycles. The third-order valence-electron chi connectivity index (χ3n) is 4.59. The van der Waals surface area contributed by atoms with Gasteiger partial charge in [-0.2, -0.15) is 7.05 Å². The molecule has 0 amide bonds. The highest BCUT2D eigenvalue weighted by atomic mass is 15.2. The lowest BCUT2D eigenvalue weighted by atomic mass is 9.86. The van der Waals surface area contributed by atoms with Gasteiger partial charge in [0, 0.05) is 16.6 Å². The first-order valence-electron chi connectivity index (χ1n) is 6.41. The van der Waals surface area contributed by atoms with Gasteiger partial charge >= 0.3 is 0 Å². The first-order valence-corrected chi connectivity index (χ1v) is 6.41. The van der Waals surface area contributed by atoms with Gasteiger partial charge in [0.15, 0.2) is 0 Å². The van der Waals surface area contributed by atoms with Crippen LogP contribution in [0.25, 0.3) is 5.57 Å². The molecule has 0 bridgehead atoms. The van der Waals surface area contributed by atoms with Crippen molar-refractivity contribution in [3.63, 3.8) is 0 Å². The zero-order valence-electron chi connectivity index (χ0n) is 10.1. The fraction of sp³-hybridized carbons (Fsp3) is 0.333. The molecule has 1 spiro atoms. The number of hydrogen-bond acceptors (Lipinski definition) is 0. The van der Waals surface area contributed by atoms with Gasteiger partial charge < -0.3 is 9.80 Å². The molecule has 2 heteroatoms. The summed E-state index contributed by atoms with van der Waals surface area (Å²) in [5.41, 5.74) is 6.36. The third kappa shape index (κ3) is 1.17. The first kappa shape index (κ1) is 9.86. The van der Waals surface area contributed by atoms with E-state index in [1.807, 2.05) is 0 Å². The van der Waals surface area contributed by atoms with E-state index in [-0.39, 0.29) is 0 Å². The molecule has 0 saturated heterocycles. The SMILES string of the molecule is [CH2-][NH+]1CC2=C(c3ccccc3[NH+]2[CH2-])C2(CC2)C1. The van der Waals surface area contributed by atoms with E-state index in [2.05, 4.69) is 38.4 Å². The highest BCUT2D eigenvalue weighted by molar-refractivity contribution is 5.83. The molecule has 2 N–H and O–H groups in total. The quantitative estimate of drug-likeness (QED) is 0.584. The van der Waals surface area contributed by atoms with Crippen LogP contribution in [0.3, 0.4) is 0 Å². The third-order valence-corrected chi connectivity index (χ3v) is 4.59. The van der Waals surface area contributed by atoms with Gasteiger partial charge in [-0.1, -0.05) is 12.1 Å². The molecule has 88 valence electrons. The standard InChI is InChI=1S/C15H18N2/c1-16-9-13-14(15(10-16)7-8-15)11-5-3-4-6-12(11)17(13)2/h3-6,16-17H,1-2,7-10H2. The average Bonchev–Trinajstić information content (AvgIpc) is 3.01. The Morgan fingerprint density at radius 2 is 1.88 bits per heavy atom. The van der Waals surface area contributed by atoms with E-state index < -0.39 is 0 Å². The monoisotopic (exact) mass is 226 g/mol. The van der Waals surface area contributed by atoms with Gasteiger partial charge in [-0.05, 0) is 25.0 Å². The van der Waals surface area contributed by atoms with Gasteiger partial charge in [-0.3, -0.25) is 0 Å². The Hall–Kier alpha value is -1.12. The van der Waals surface area contributed by atoms with Crippen molar-refractivity contribution >= 4 is 11.3 Å². The molecule has 1 saturated carbocycles. The molecule has 1 aliphatic carbocycles. The highest BCUT2D eigenvalue weighted by Gasteiger charge is 2.56. The fourth-order valence-electron chi connectivity index (χ4n) is 3.70. The molecular formula is C15H18N2. The van der Waals surface area contributed by atoms with Crippen LogP contribution in [-0.4, -0.2) is 13.1 Å². The van der Waals surface area contributed by atoms with Gasteiger partial charge in [0.25, 0.3) is 0 Å². The van der Waals surface area contributed by atoms with E-state index in [9.17, 15) is 0 Å². The molecule has 0 radical (unpaired) electrons. The molecule has 1 fully saturated rings. The molecular weight excluding hydrogens is 208 g/mol. The fourth-order valence-corrected chi connectivity index (χ4v) is 3.70. The molecule has 1 aromatic carbocycles. The van der Waals surface area contributed by atoms with Crippen molar-refractivity contribution < 1.29 is 9.80 Å². The van der Waals surface area contributed by atoms with Crippen molar-refractivity contribution in [3.05, 3.63) is 49.6 Å². The van der Waals surface area contributed by atoms with Gasteiger partial charge in [0.05, 0.1) is 6.54 Å². The van der Waals surface area contributed by atoms with Gasteiger partial charge in [-0.15, -0.1) is 7.05 Å². The Kier molecular flexibility index (Phi) is 1.74. The predicted molar refractivity (Wildman–Crippen MR) is 67.1 cm³/mol. The van der Waals surface area contributed by atoms with E-state index in [1.165, 1.54) is 46.1 Å². The number of nitrogens with one attached hydrogen (secondary N) is 2. The summed E-state index contributed by atoms with van der Waals surface area (Å²) >= 11 is 0. The Labute approximate surface area is 103 Å². The Balaban J connectivity index is 1.94. The summed E-state index contributed by atoms with van der Waals surface area (Å²) < 4.78 is 0. The maximum absolute atomic E-state index is 4.31. The summed E-state index contributed by atoms with van der Waals surface area (Å²) in [6.45, 7) is 2.25. The number of hydrogen-bond donors (Lipinski definition) is 2. The summed E-state index contributed by atoms with van der Waals surface area (Å²) in [5, 5.41) is 0. The molecule has 4 rings (SSSR count). The summed E-state index contributed by atoms with van der Waals surface area (Å²) in [7, 11) is 8.54. The van der Waals surface area contributed by atoms with Crippen molar-refractivity contribution in [3.8, 4) is 0 Å². The normalized spacial score (nSPS) is 32.6. The zero-order chi connectivity index (χ0) is 11.6. The van der Waals surface area contributed by atoms with Crippen molar-refractivity contribution in [2.24, 2.45) is 5.41 Å². The van der Waals surface area contributed by atoms with Gasteiger partial charge in [-0.25, -0.2) is 0 Å². The molecule has 0 aromatic heterocycles. The van der Waals surface area contributed by atoms with E-state index in [0.29, 0.717) is 5.41 Å². The lowest BCUT2D eigenvalue weighted by molar-refractivity contribution is -0.876. The number of para-hydroxylation sites is 1. The van der Waals surface area contributed by atoms with Crippen LogP contribution in [0.5, 0.6) is 0 Å². The Morgan fingerprint density at radius 3 is 2.65 bits per heavy atom. The number of benzene rings is 1. The summed E-state index contributed by atoms with van der Waals surface area (Å²) in [6, 6.07) is 8.77. The van der Waals surface area contributed by atoms with Crippen LogP contribution in [0.4, 0.5) is 5.69 Å².